The van der Waals surface area contributed by atoms with Crippen molar-refractivity contribution in [1.29, 1.82) is 0 Å². The van der Waals surface area contributed by atoms with Crippen LogP contribution in [-0.4, -0.2) is 39.4 Å². The van der Waals surface area contributed by atoms with Crippen molar-refractivity contribution in [2.75, 3.05) is 0 Å². The Morgan fingerprint density at radius 2 is 1.75 bits per heavy atom. The van der Waals surface area contributed by atoms with Crippen LogP contribution in [0.3, 0.4) is 0 Å². The second-order valence-corrected chi connectivity index (χ2v) is 5.61. The molecule has 3 N–H and O–H groups in total. The zero-order valence-corrected chi connectivity index (χ0v) is 16.8. The van der Waals surface area contributed by atoms with Crippen LogP contribution in [0, 0.1) is 6.92 Å². The minimum absolute atomic E-state index is 0. The van der Waals surface area contributed by atoms with E-state index in [1.807, 2.05) is 24.3 Å². The normalized spacial score (nSPS) is 15.2. The van der Waals surface area contributed by atoms with Gasteiger partial charge in [-0.2, -0.15) is 0 Å². The third-order valence-corrected chi connectivity index (χ3v) is 3.33. The van der Waals surface area contributed by atoms with E-state index in [-0.39, 0.29) is 26.8 Å². The maximum atomic E-state index is 10.8. The molecule has 0 saturated heterocycles. The molecular weight excluding hydrogens is 476 g/mol. The van der Waals surface area contributed by atoms with E-state index in [1.165, 1.54) is 13.0 Å². The Hall–Kier alpha value is -1.06. The summed E-state index contributed by atoms with van der Waals surface area (Å²) in [5.74, 6) is 0.0829. The van der Waals surface area contributed by atoms with Gasteiger partial charge in [-0.3, -0.25) is 0 Å². The van der Waals surface area contributed by atoms with E-state index in [0.717, 1.165) is 11.1 Å². The maximum Gasteiger partial charge on any atom is 0.129 e. The van der Waals surface area contributed by atoms with Gasteiger partial charge in [0.15, 0.2) is 0 Å². The predicted molar refractivity (Wildman–Crippen MR) is 92.4 cm³/mol. The zero-order chi connectivity index (χ0) is 17.2. The van der Waals surface area contributed by atoms with Gasteiger partial charge in [0.1, 0.15) is 5.78 Å². The summed E-state index contributed by atoms with van der Waals surface area (Å²) in [5.41, 5.74) is 1.78. The molecule has 0 radical (unpaired) electrons. The number of benzene rings is 1. The van der Waals surface area contributed by atoms with Crippen LogP contribution in [0.25, 0.3) is 12.2 Å². The summed E-state index contributed by atoms with van der Waals surface area (Å²) in [6.45, 7) is 4.97. The number of aliphatic hydroxyl groups excluding tert-OH is 3. The first kappa shape index (κ1) is 22.9. The number of rotatable bonds is 9. The number of hydrogen-bond donors (Lipinski definition) is 3. The van der Waals surface area contributed by atoms with Crippen molar-refractivity contribution in [1.82, 2.24) is 0 Å². The van der Waals surface area contributed by atoms with E-state index in [2.05, 4.69) is 6.92 Å². The first-order valence-electron chi connectivity index (χ1n) is 7.71. The molecule has 132 valence electrons. The molecule has 1 aromatic rings. The van der Waals surface area contributed by atoms with Crippen LogP contribution < -0.4 is 0 Å². The Morgan fingerprint density at radius 1 is 1.17 bits per heavy atom. The molecular formula is C19H25O4W-. The van der Waals surface area contributed by atoms with Crippen molar-refractivity contribution >= 4 is 17.9 Å². The number of Topliss-reactive ketones (excluding diaryl/α,β-unsaturated/α-hetero) is 1. The first-order chi connectivity index (χ1) is 10.9. The summed E-state index contributed by atoms with van der Waals surface area (Å²) in [7, 11) is 0. The largest absolute Gasteiger partial charge is 0.421 e. The molecule has 24 heavy (non-hydrogen) atoms. The number of aliphatic hydroxyl groups is 3. The van der Waals surface area contributed by atoms with Gasteiger partial charge in [0.2, 0.25) is 0 Å². The van der Waals surface area contributed by atoms with E-state index >= 15 is 0 Å². The van der Waals surface area contributed by atoms with Gasteiger partial charge >= 0.3 is 0 Å². The van der Waals surface area contributed by atoms with Crippen LogP contribution >= 0.6 is 0 Å². The molecule has 4 nitrogen and oxygen atoms in total. The Labute approximate surface area is 158 Å². The fraction of sp³-hybridized carbons (Fsp3) is 0.368. The second kappa shape index (κ2) is 12.3. The van der Waals surface area contributed by atoms with Gasteiger partial charge in [-0.1, -0.05) is 48.6 Å². The Bertz CT molecular complexity index is 552. The topological polar surface area (TPSA) is 77.8 Å². The molecule has 0 spiro atoms. The summed E-state index contributed by atoms with van der Waals surface area (Å²) < 4.78 is 0. The summed E-state index contributed by atoms with van der Waals surface area (Å²) >= 11 is 0. The van der Waals surface area contributed by atoms with Crippen LogP contribution in [0.5, 0.6) is 0 Å². The van der Waals surface area contributed by atoms with Crippen LogP contribution in [0.4, 0.5) is 0 Å². The number of carbonyl (C=O) groups excluding carboxylic acids is 1. The molecule has 0 unspecified atom stereocenters. The van der Waals surface area contributed by atoms with E-state index in [0.29, 0.717) is 19.3 Å². The van der Waals surface area contributed by atoms with Gasteiger partial charge in [0.25, 0.3) is 0 Å². The van der Waals surface area contributed by atoms with E-state index < -0.39 is 18.3 Å². The minimum Gasteiger partial charge on any atom is -0.421 e. The molecule has 3 atom stereocenters. The standard InChI is InChI=1S/C19H25O4.W/c1-14(20)5-3-8-18(22)19(23)12-11-17-7-4-6-16(13-17)10-9-15(2)21;/h4,6-7,9-13,15,18-19,21-23H,2-3,5,8H2,1H3;/q-1;/b10-9+,12-11+;/t15-,18+,19-;/m1./s1. The van der Waals surface area contributed by atoms with Crippen LogP contribution in [0.15, 0.2) is 36.4 Å². The van der Waals surface area contributed by atoms with Gasteiger partial charge in [0.05, 0.1) is 12.2 Å². The van der Waals surface area contributed by atoms with E-state index in [9.17, 15) is 15.0 Å². The molecule has 0 saturated carbocycles. The van der Waals surface area contributed by atoms with Crippen molar-refractivity contribution in [2.24, 2.45) is 0 Å². The van der Waals surface area contributed by atoms with Crippen molar-refractivity contribution in [2.45, 2.75) is 44.5 Å². The van der Waals surface area contributed by atoms with Gasteiger partial charge in [-0.05, 0) is 37.0 Å². The monoisotopic (exact) mass is 501 g/mol. The van der Waals surface area contributed by atoms with Crippen LogP contribution in [-0.2, 0) is 25.9 Å². The Balaban J connectivity index is 0.00000529. The molecule has 0 aromatic heterocycles. The molecule has 0 aliphatic rings. The summed E-state index contributed by atoms with van der Waals surface area (Å²) in [6.07, 6.45) is 5.39. The molecule has 0 aliphatic carbocycles. The van der Waals surface area contributed by atoms with Gasteiger partial charge < -0.3 is 27.0 Å². The SMILES string of the molecule is [CH2-][C@@H](O)/C=C/c1cccc(/C=C/[C@@H](O)[C@@H](O)CCCC(C)=O)c1.[W]. The van der Waals surface area contributed by atoms with Gasteiger partial charge in [-0.25, -0.2) is 0 Å². The van der Waals surface area contributed by atoms with Gasteiger partial charge in [0, 0.05) is 27.5 Å². The third-order valence-electron chi connectivity index (χ3n) is 3.33. The molecule has 1 rings (SSSR count). The van der Waals surface area contributed by atoms with E-state index in [1.54, 1.807) is 18.2 Å². The van der Waals surface area contributed by atoms with Crippen LogP contribution in [0.1, 0.15) is 37.3 Å². The molecule has 0 bridgehead atoms. The van der Waals surface area contributed by atoms with Gasteiger partial charge in [-0.15, -0.1) is 0 Å². The zero-order valence-electron chi connectivity index (χ0n) is 13.8. The molecule has 0 amide bonds. The quantitative estimate of drug-likeness (QED) is 0.455. The average molecular weight is 501 g/mol. The average Bonchev–Trinajstić information content (AvgIpc) is 2.50. The van der Waals surface area contributed by atoms with E-state index in [4.69, 9.17) is 5.11 Å². The fourth-order valence-corrected chi connectivity index (χ4v) is 2.06. The van der Waals surface area contributed by atoms with Crippen molar-refractivity contribution < 1.29 is 41.2 Å². The summed E-state index contributed by atoms with van der Waals surface area (Å²) in [6, 6.07) is 7.53. The van der Waals surface area contributed by atoms with Crippen molar-refractivity contribution in [3.63, 3.8) is 0 Å². The summed E-state index contributed by atoms with van der Waals surface area (Å²) in [5, 5.41) is 28.9. The molecule has 0 heterocycles. The molecule has 5 heteroatoms. The number of hydrogen-bond acceptors (Lipinski definition) is 4. The molecule has 0 aliphatic heterocycles. The van der Waals surface area contributed by atoms with Crippen LogP contribution in [0.2, 0.25) is 0 Å². The minimum atomic E-state index is -0.970. The smallest absolute Gasteiger partial charge is 0.129 e. The first-order valence-corrected chi connectivity index (χ1v) is 7.71. The molecule has 1 aromatic carbocycles. The maximum absolute atomic E-state index is 10.8. The van der Waals surface area contributed by atoms with Crippen molar-refractivity contribution in [3.05, 3.63) is 54.5 Å². The number of ketones is 1. The predicted octanol–water partition coefficient (Wildman–Crippen LogP) is 2.39. The Kier molecular flexibility index (Phi) is 11.8. The summed E-state index contributed by atoms with van der Waals surface area (Å²) in [4.78, 5) is 10.8. The fourth-order valence-electron chi connectivity index (χ4n) is 2.06. The third kappa shape index (κ3) is 9.94. The Morgan fingerprint density at radius 3 is 2.29 bits per heavy atom. The van der Waals surface area contributed by atoms with Crippen molar-refractivity contribution in [3.8, 4) is 0 Å². The molecule has 0 fully saturated rings. The second-order valence-electron chi connectivity index (χ2n) is 5.61. The number of carbonyl (C=O) groups is 1.